The van der Waals surface area contributed by atoms with Gasteiger partial charge in [0.05, 0.1) is 5.69 Å². The number of aromatic nitrogens is 2. The van der Waals surface area contributed by atoms with Crippen LogP contribution in [-0.4, -0.2) is 16.1 Å². The molecule has 4 rings (SSSR count). The molecule has 24 heavy (non-hydrogen) atoms. The molecule has 4 heteroatoms. The van der Waals surface area contributed by atoms with Crippen LogP contribution in [0.15, 0.2) is 48.5 Å². The van der Waals surface area contributed by atoms with Crippen LogP contribution in [-0.2, 0) is 12.8 Å². The summed E-state index contributed by atoms with van der Waals surface area (Å²) in [5.74, 6) is -0.168. The molecule has 120 valence electrons. The van der Waals surface area contributed by atoms with Crippen molar-refractivity contribution in [3.05, 3.63) is 70.9 Å². The van der Waals surface area contributed by atoms with Gasteiger partial charge in [-0.1, -0.05) is 35.9 Å². The molecule has 1 aromatic heterocycles. The fourth-order valence-electron chi connectivity index (χ4n) is 3.16. The molecule has 2 N–H and O–H groups in total. The van der Waals surface area contributed by atoms with Crippen LogP contribution >= 0.6 is 0 Å². The number of carbonyl (C=O) groups is 1. The van der Waals surface area contributed by atoms with Crippen molar-refractivity contribution in [2.45, 2.75) is 26.2 Å². The van der Waals surface area contributed by atoms with Crippen molar-refractivity contribution in [3.8, 4) is 11.3 Å². The third-order valence-electron chi connectivity index (χ3n) is 4.53. The average Bonchev–Trinajstić information content (AvgIpc) is 3.24. The number of carbonyl (C=O) groups excluding carboxylic acids is 1. The second kappa shape index (κ2) is 5.96. The van der Waals surface area contributed by atoms with Crippen LogP contribution in [0.2, 0.25) is 0 Å². The van der Waals surface area contributed by atoms with Crippen molar-refractivity contribution in [2.24, 2.45) is 0 Å². The Bertz CT molecular complexity index is 894. The molecule has 1 heterocycles. The van der Waals surface area contributed by atoms with Crippen LogP contribution in [0.4, 0.5) is 5.69 Å². The predicted octanol–water partition coefficient (Wildman–Crippen LogP) is 4.13. The molecule has 3 aromatic rings. The van der Waals surface area contributed by atoms with E-state index in [0.29, 0.717) is 5.69 Å². The Balaban J connectivity index is 1.52. The van der Waals surface area contributed by atoms with E-state index in [1.54, 1.807) is 6.07 Å². The summed E-state index contributed by atoms with van der Waals surface area (Å²) < 4.78 is 0. The van der Waals surface area contributed by atoms with E-state index >= 15 is 0 Å². The van der Waals surface area contributed by atoms with Gasteiger partial charge in [-0.3, -0.25) is 9.89 Å². The van der Waals surface area contributed by atoms with Crippen LogP contribution in [0, 0.1) is 6.92 Å². The third-order valence-corrected chi connectivity index (χ3v) is 4.53. The van der Waals surface area contributed by atoms with Crippen molar-refractivity contribution < 1.29 is 4.79 Å². The largest absolute Gasteiger partial charge is 0.321 e. The maximum Gasteiger partial charge on any atom is 0.273 e. The number of aromatic amines is 1. The highest BCUT2D eigenvalue weighted by Gasteiger charge is 2.14. The van der Waals surface area contributed by atoms with Crippen LogP contribution in [0.1, 0.15) is 33.6 Å². The molecule has 0 spiro atoms. The first-order chi connectivity index (χ1) is 11.7. The molecule has 0 radical (unpaired) electrons. The number of fused-ring (bicyclic) bond motifs is 1. The molecule has 1 aliphatic carbocycles. The summed E-state index contributed by atoms with van der Waals surface area (Å²) in [4.78, 5) is 12.4. The molecule has 4 nitrogen and oxygen atoms in total. The normalized spacial score (nSPS) is 12.9. The van der Waals surface area contributed by atoms with Gasteiger partial charge in [-0.05, 0) is 55.5 Å². The molecule has 1 aliphatic rings. The van der Waals surface area contributed by atoms with E-state index in [2.05, 4.69) is 27.6 Å². The van der Waals surface area contributed by atoms with E-state index in [1.165, 1.54) is 23.1 Å². The van der Waals surface area contributed by atoms with Crippen LogP contribution < -0.4 is 5.32 Å². The zero-order chi connectivity index (χ0) is 16.5. The summed E-state index contributed by atoms with van der Waals surface area (Å²) in [6.07, 6.45) is 3.44. The van der Waals surface area contributed by atoms with Gasteiger partial charge in [-0.25, -0.2) is 0 Å². The standard InChI is InChI=1S/C20H19N3O/c1-13-5-7-15(8-6-13)18-12-19(23-22-18)20(24)21-17-10-9-14-3-2-4-16(14)11-17/h5-12H,2-4H2,1H3,(H,21,24)(H,22,23). The topological polar surface area (TPSA) is 57.8 Å². The number of H-pyrrole nitrogens is 1. The molecule has 1 amide bonds. The van der Waals surface area contributed by atoms with Crippen molar-refractivity contribution in [1.82, 2.24) is 10.2 Å². The quantitative estimate of drug-likeness (QED) is 0.763. The van der Waals surface area contributed by atoms with Crippen LogP contribution in [0.3, 0.4) is 0 Å². The Morgan fingerprint density at radius 3 is 2.67 bits per heavy atom. The van der Waals surface area contributed by atoms with E-state index in [0.717, 1.165) is 29.8 Å². The number of amides is 1. The number of nitrogens with zero attached hydrogens (tertiary/aromatic N) is 1. The number of anilines is 1. The zero-order valence-corrected chi connectivity index (χ0v) is 13.6. The monoisotopic (exact) mass is 317 g/mol. The smallest absolute Gasteiger partial charge is 0.273 e. The Morgan fingerprint density at radius 1 is 1.04 bits per heavy atom. The van der Waals surface area contributed by atoms with Crippen molar-refractivity contribution in [2.75, 3.05) is 5.32 Å². The van der Waals surface area contributed by atoms with E-state index in [4.69, 9.17) is 0 Å². The van der Waals surface area contributed by atoms with Crippen LogP contribution in [0.25, 0.3) is 11.3 Å². The van der Waals surface area contributed by atoms with Gasteiger partial charge in [0.15, 0.2) is 0 Å². The fraction of sp³-hybridized carbons (Fsp3) is 0.200. The predicted molar refractivity (Wildman–Crippen MR) is 95.2 cm³/mol. The Kier molecular flexibility index (Phi) is 3.65. The number of benzene rings is 2. The van der Waals surface area contributed by atoms with Gasteiger partial charge >= 0.3 is 0 Å². The Hall–Kier alpha value is -2.88. The van der Waals surface area contributed by atoms with Gasteiger partial charge in [0.1, 0.15) is 5.69 Å². The maximum atomic E-state index is 12.4. The van der Waals surface area contributed by atoms with Crippen molar-refractivity contribution >= 4 is 11.6 Å². The van der Waals surface area contributed by atoms with Gasteiger partial charge in [0, 0.05) is 11.3 Å². The highest BCUT2D eigenvalue weighted by Crippen LogP contribution is 2.25. The lowest BCUT2D eigenvalue weighted by Gasteiger charge is -2.06. The van der Waals surface area contributed by atoms with Gasteiger partial charge in [-0.15, -0.1) is 0 Å². The SMILES string of the molecule is Cc1ccc(-c2cc(C(=O)Nc3ccc4c(c3)CCC4)[nH]n2)cc1. The third kappa shape index (κ3) is 2.83. The number of nitrogens with one attached hydrogen (secondary N) is 2. The summed E-state index contributed by atoms with van der Waals surface area (Å²) in [6, 6.07) is 16.0. The minimum absolute atomic E-state index is 0.168. The highest BCUT2D eigenvalue weighted by atomic mass is 16.1. The van der Waals surface area contributed by atoms with E-state index in [9.17, 15) is 4.79 Å². The summed E-state index contributed by atoms with van der Waals surface area (Å²) in [5.41, 5.74) is 7.01. The molecule has 0 bridgehead atoms. The van der Waals surface area contributed by atoms with Gasteiger partial charge in [-0.2, -0.15) is 5.10 Å². The first-order valence-electron chi connectivity index (χ1n) is 8.25. The molecular formula is C20H19N3O. The van der Waals surface area contributed by atoms with Gasteiger partial charge in [0.25, 0.3) is 5.91 Å². The number of hydrogen-bond acceptors (Lipinski definition) is 2. The van der Waals surface area contributed by atoms with E-state index in [-0.39, 0.29) is 5.91 Å². The van der Waals surface area contributed by atoms with E-state index in [1.807, 2.05) is 37.3 Å². The highest BCUT2D eigenvalue weighted by molar-refractivity contribution is 6.03. The molecule has 2 aromatic carbocycles. The minimum Gasteiger partial charge on any atom is -0.321 e. The second-order valence-electron chi connectivity index (χ2n) is 6.32. The maximum absolute atomic E-state index is 12.4. The summed E-state index contributed by atoms with van der Waals surface area (Å²) >= 11 is 0. The Labute approximate surface area is 140 Å². The van der Waals surface area contributed by atoms with Crippen molar-refractivity contribution in [1.29, 1.82) is 0 Å². The number of rotatable bonds is 3. The van der Waals surface area contributed by atoms with Crippen molar-refractivity contribution in [3.63, 3.8) is 0 Å². The van der Waals surface area contributed by atoms with E-state index < -0.39 is 0 Å². The summed E-state index contributed by atoms with van der Waals surface area (Å²) in [7, 11) is 0. The minimum atomic E-state index is -0.168. The molecule has 0 saturated carbocycles. The van der Waals surface area contributed by atoms with Gasteiger partial charge < -0.3 is 5.32 Å². The number of aryl methyl sites for hydroxylation is 3. The first-order valence-corrected chi connectivity index (χ1v) is 8.25. The van der Waals surface area contributed by atoms with Crippen LogP contribution in [0.5, 0.6) is 0 Å². The fourth-order valence-corrected chi connectivity index (χ4v) is 3.16. The first kappa shape index (κ1) is 14.7. The lowest BCUT2D eigenvalue weighted by atomic mass is 10.1. The summed E-state index contributed by atoms with van der Waals surface area (Å²) in [5, 5.41) is 10.0. The number of hydrogen-bond donors (Lipinski definition) is 2. The molecule has 0 saturated heterocycles. The molecular weight excluding hydrogens is 298 g/mol. The zero-order valence-electron chi connectivity index (χ0n) is 13.6. The Morgan fingerprint density at radius 2 is 1.83 bits per heavy atom. The lowest BCUT2D eigenvalue weighted by molar-refractivity contribution is 0.102. The summed E-state index contributed by atoms with van der Waals surface area (Å²) in [6.45, 7) is 2.05. The molecule has 0 atom stereocenters. The molecule has 0 aliphatic heterocycles. The second-order valence-corrected chi connectivity index (χ2v) is 6.32. The molecule has 0 unspecified atom stereocenters. The van der Waals surface area contributed by atoms with Gasteiger partial charge in [0.2, 0.25) is 0 Å². The average molecular weight is 317 g/mol. The molecule has 0 fully saturated rings. The lowest BCUT2D eigenvalue weighted by Crippen LogP contribution is -2.12.